The maximum Gasteiger partial charge on any atom is 0.231 e. The number of aryl methyl sites for hydroxylation is 1. The highest BCUT2D eigenvalue weighted by molar-refractivity contribution is 5.49. The maximum absolute atomic E-state index is 5.91. The zero-order chi connectivity index (χ0) is 13.1. The van der Waals surface area contributed by atoms with Crippen molar-refractivity contribution in [3.05, 3.63) is 29.8 Å². The third-order valence-corrected chi connectivity index (χ3v) is 2.98. The van der Waals surface area contributed by atoms with Gasteiger partial charge in [-0.05, 0) is 38.0 Å². The van der Waals surface area contributed by atoms with Crippen LogP contribution in [0, 0.1) is 6.92 Å². The molecule has 0 saturated carbocycles. The van der Waals surface area contributed by atoms with Gasteiger partial charge < -0.3 is 10.3 Å². The van der Waals surface area contributed by atoms with Crippen LogP contribution in [0.15, 0.2) is 22.9 Å². The summed E-state index contributed by atoms with van der Waals surface area (Å²) in [5, 5.41) is 3.97. The average Bonchev–Trinajstić information content (AvgIpc) is 2.79. The van der Waals surface area contributed by atoms with E-state index in [1.54, 1.807) is 6.20 Å². The summed E-state index contributed by atoms with van der Waals surface area (Å²) in [6.07, 6.45) is 2.62. The molecule has 0 saturated heterocycles. The van der Waals surface area contributed by atoms with Crippen LogP contribution in [-0.4, -0.2) is 21.2 Å². The van der Waals surface area contributed by atoms with Crippen molar-refractivity contribution in [1.29, 1.82) is 0 Å². The highest BCUT2D eigenvalue weighted by atomic mass is 16.5. The number of pyridine rings is 1. The summed E-state index contributed by atoms with van der Waals surface area (Å²) < 4.78 is 5.29. The molecule has 2 rings (SSSR count). The lowest BCUT2D eigenvalue weighted by Crippen LogP contribution is -2.24. The van der Waals surface area contributed by atoms with Gasteiger partial charge in [0.2, 0.25) is 11.7 Å². The van der Waals surface area contributed by atoms with Gasteiger partial charge in [-0.15, -0.1) is 0 Å². The van der Waals surface area contributed by atoms with Gasteiger partial charge in [0.05, 0.1) is 5.92 Å². The van der Waals surface area contributed by atoms with Crippen LogP contribution in [0.5, 0.6) is 0 Å². The van der Waals surface area contributed by atoms with Crippen molar-refractivity contribution in [2.45, 2.75) is 39.2 Å². The van der Waals surface area contributed by atoms with Gasteiger partial charge in [-0.2, -0.15) is 4.98 Å². The second-order valence-corrected chi connectivity index (χ2v) is 4.55. The van der Waals surface area contributed by atoms with Gasteiger partial charge in [0.1, 0.15) is 5.69 Å². The minimum absolute atomic E-state index is 0.00577. The molecule has 0 aromatic carbocycles. The van der Waals surface area contributed by atoms with E-state index in [2.05, 4.69) is 22.0 Å². The Morgan fingerprint density at radius 2 is 2.22 bits per heavy atom. The molecule has 2 unspecified atom stereocenters. The fourth-order valence-corrected chi connectivity index (χ4v) is 1.92. The second-order valence-electron chi connectivity index (χ2n) is 4.55. The van der Waals surface area contributed by atoms with Crippen LogP contribution in [0.2, 0.25) is 0 Å². The third kappa shape index (κ3) is 2.56. The summed E-state index contributed by atoms with van der Waals surface area (Å²) in [6, 6.07) is 3.86. The normalized spacial score (nSPS) is 14.4. The fourth-order valence-electron chi connectivity index (χ4n) is 1.92. The van der Waals surface area contributed by atoms with Crippen molar-refractivity contribution < 1.29 is 4.52 Å². The highest BCUT2D eigenvalue weighted by Gasteiger charge is 2.21. The molecule has 0 bridgehead atoms. The van der Waals surface area contributed by atoms with Gasteiger partial charge in [0.25, 0.3) is 0 Å². The number of hydrogen-bond donors (Lipinski definition) is 1. The number of hydrogen-bond acceptors (Lipinski definition) is 5. The van der Waals surface area contributed by atoms with Crippen LogP contribution < -0.4 is 5.73 Å². The molecule has 2 heterocycles. The summed E-state index contributed by atoms with van der Waals surface area (Å²) in [4.78, 5) is 8.63. The first-order chi connectivity index (χ1) is 8.61. The topological polar surface area (TPSA) is 77.8 Å². The average molecular weight is 246 g/mol. The molecule has 0 aliphatic carbocycles. The molecule has 2 aromatic rings. The molecule has 2 N–H and O–H groups in total. The number of nitrogens with two attached hydrogens (primary N) is 1. The first kappa shape index (κ1) is 12.7. The maximum atomic E-state index is 5.91. The van der Waals surface area contributed by atoms with E-state index >= 15 is 0 Å². The van der Waals surface area contributed by atoms with Crippen molar-refractivity contribution in [1.82, 2.24) is 15.1 Å². The summed E-state index contributed by atoms with van der Waals surface area (Å²) in [5.74, 6) is 1.20. The Bertz CT molecular complexity index is 521. The molecular formula is C13H18N4O. The van der Waals surface area contributed by atoms with Gasteiger partial charge in [0.15, 0.2) is 0 Å². The fraction of sp³-hybridized carbons (Fsp3) is 0.462. The standard InChI is InChI=1S/C13H18N4O/c1-4-10(9(3)14)13-16-12(17-18-13)11-7-8(2)5-6-15-11/h5-7,9-10H,4,14H2,1-3H3. The molecule has 5 nitrogen and oxygen atoms in total. The van der Waals surface area contributed by atoms with Crippen LogP contribution >= 0.6 is 0 Å². The van der Waals surface area contributed by atoms with E-state index in [0.717, 1.165) is 17.7 Å². The van der Waals surface area contributed by atoms with Crippen LogP contribution in [0.3, 0.4) is 0 Å². The van der Waals surface area contributed by atoms with Crippen LogP contribution in [0.25, 0.3) is 11.5 Å². The summed E-state index contributed by atoms with van der Waals surface area (Å²) >= 11 is 0. The van der Waals surface area contributed by atoms with Crippen LogP contribution in [0.4, 0.5) is 0 Å². The molecule has 2 atom stereocenters. The monoisotopic (exact) mass is 246 g/mol. The van der Waals surface area contributed by atoms with Crippen molar-refractivity contribution in [3.63, 3.8) is 0 Å². The zero-order valence-electron chi connectivity index (χ0n) is 10.9. The van der Waals surface area contributed by atoms with Crippen molar-refractivity contribution in [2.24, 2.45) is 5.73 Å². The SMILES string of the molecule is CCC(c1nc(-c2cc(C)ccn2)no1)C(C)N. The zero-order valence-corrected chi connectivity index (χ0v) is 10.9. The molecular weight excluding hydrogens is 228 g/mol. The molecule has 0 fully saturated rings. The quantitative estimate of drug-likeness (QED) is 0.895. The lowest BCUT2D eigenvalue weighted by Gasteiger charge is -2.13. The van der Waals surface area contributed by atoms with Crippen molar-refractivity contribution in [2.75, 3.05) is 0 Å². The van der Waals surface area contributed by atoms with E-state index in [1.165, 1.54) is 0 Å². The first-order valence-electron chi connectivity index (χ1n) is 6.14. The predicted octanol–water partition coefficient (Wildman–Crippen LogP) is 2.28. The highest BCUT2D eigenvalue weighted by Crippen LogP contribution is 2.23. The minimum Gasteiger partial charge on any atom is -0.339 e. The Morgan fingerprint density at radius 3 is 2.83 bits per heavy atom. The molecule has 0 amide bonds. The van der Waals surface area contributed by atoms with Crippen LogP contribution in [-0.2, 0) is 0 Å². The first-order valence-corrected chi connectivity index (χ1v) is 6.14. The predicted molar refractivity (Wildman–Crippen MR) is 68.9 cm³/mol. The molecule has 2 aromatic heterocycles. The summed E-state index contributed by atoms with van der Waals surface area (Å²) in [6.45, 7) is 6.01. The third-order valence-electron chi connectivity index (χ3n) is 2.98. The number of aromatic nitrogens is 3. The molecule has 96 valence electrons. The Morgan fingerprint density at radius 1 is 1.44 bits per heavy atom. The lowest BCUT2D eigenvalue weighted by molar-refractivity contribution is 0.334. The molecule has 0 radical (unpaired) electrons. The largest absolute Gasteiger partial charge is 0.339 e. The number of nitrogens with zero attached hydrogens (tertiary/aromatic N) is 3. The van der Waals surface area contributed by atoms with E-state index in [1.807, 2.05) is 26.0 Å². The molecule has 0 aliphatic rings. The van der Waals surface area contributed by atoms with Crippen molar-refractivity contribution >= 4 is 0 Å². The van der Waals surface area contributed by atoms with Crippen molar-refractivity contribution in [3.8, 4) is 11.5 Å². The van der Waals surface area contributed by atoms with E-state index in [-0.39, 0.29) is 12.0 Å². The smallest absolute Gasteiger partial charge is 0.231 e. The minimum atomic E-state index is -0.00577. The second kappa shape index (κ2) is 5.27. The number of rotatable bonds is 4. The van der Waals surface area contributed by atoms with Gasteiger partial charge in [0, 0.05) is 12.2 Å². The van der Waals surface area contributed by atoms with E-state index < -0.39 is 0 Å². The van der Waals surface area contributed by atoms with Gasteiger partial charge >= 0.3 is 0 Å². The van der Waals surface area contributed by atoms with E-state index in [9.17, 15) is 0 Å². The van der Waals surface area contributed by atoms with Gasteiger partial charge in [-0.25, -0.2) is 0 Å². The summed E-state index contributed by atoms with van der Waals surface area (Å²) in [7, 11) is 0. The molecule has 5 heteroatoms. The van der Waals surface area contributed by atoms with E-state index in [0.29, 0.717) is 11.7 Å². The molecule has 18 heavy (non-hydrogen) atoms. The lowest BCUT2D eigenvalue weighted by atomic mass is 9.99. The Labute approximate surface area is 106 Å². The Hall–Kier alpha value is -1.75. The van der Waals surface area contributed by atoms with Gasteiger partial charge in [-0.1, -0.05) is 12.1 Å². The van der Waals surface area contributed by atoms with Crippen LogP contribution in [0.1, 0.15) is 37.6 Å². The Kier molecular flexibility index (Phi) is 3.72. The summed E-state index contributed by atoms with van der Waals surface area (Å²) in [5.41, 5.74) is 7.75. The molecule has 0 aliphatic heterocycles. The molecule has 0 spiro atoms. The van der Waals surface area contributed by atoms with E-state index in [4.69, 9.17) is 10.3 Å². The van der Waals surface area contributed by atoms with Gasteiger partial charge in [-0.3, -0.25) is 4.98 Å². The Balaban J connectivity index is 2.30.